The highest BCUT2D eigenvalue weighted by molar-refractivity contribution is 6.16. The van der Waals surface area contributed by atoms with Gasteiger partial charge in [-0.05, 0) is 50.2 Å². The Bertz CT molecular complexity index is 994. The first-order chi connectivity index (χ1) is 14.2. The zero-order chi connectivity index (χ0) is 22.0. The number of Topliss-reactive ketones (excluding diaryl/α,β-unsaturated/α-hetero) is 1. The van der Waals surface area contributed by atoms with Crippen molar-refractivity contribution in [2.75, 3.05) is 4.90 Å². The van der Waals surface area contributed by atoms with Gasteiger partial charge in [0.25, 0.3) is 5.91 Å². The van der Waals surface area contributed by atoms with E-state index in [4.69, 9.17) is 4.74 Å². The normalized spacial score (nSPS) is 16.5. The molecule has 1 aliphatic heterocycles. The highest BCUT2D eigenvalue weighted by Gasteiger charge is 2.45. The zero-order valence-electron chi connectivity index (χ0n) is 17.3. The number of hydrogen-bond acceptors (Lipinski definition) is 6. The highest BCUT2D eigenvalue weighted by Crippen LogP contribution is 2.41. The maximum absolute atomic E-state index is 12.9. The smallest absolute Gasteiger partial charge is 0.338 e. The van der Waals surface area contributed by atoms with Crippen molar-refractivity contribution in [1.29, 1.82) is 0 Å². The van der Waals surface area contributed by atoms with Crippen LogP contribution in [0.25, 0.3) is 0 Å². The van der Waals surface area contributed by atoms with E-state index in [0.29, 0.717) is 16.9 Å². The summed E-state index contributed by atoms with van der Waals surface area (Å²) in [7, 11) is 0. The minimum absolute atomic E-state index is 0.0250. The lowest BCUT2D eigenvalue weighted by molar-refractivity contribution is -0.119. The molecule has 3 rings (SSSR count). The molecule has 2 heterocycles. The van der Waals surface area contributed by atoms with Gasteiger partial charge < -0.3 is 9.84 Å². The summed E-state index contributed by atoms with van der Waals surface area (Å²) in [6, 6.07) is 10.6. The van der Waals surface area contributed by atoms with Crippen molar-refractivity contribution in [3.63, 3.8) is 0 Å². The van der Waals surface area contributed by atoms with Crippen LogP contribution in [0.4, 0.5) is 5.69 Å². The van der Waals surface area contributed by atoms with Crippen molar-refractivity contribution in [3.8, 4) is 0 Å². The van der Waals surface area contributed by atoms with Crippen LogP contribution in [0.3, 0.4) is 0 Å². The van der Waals surface area contributed by atoms with E-state index in [1.165, 1.54) is 4.90 Å². The summed E-state index contributed by atoms with van der Waals surface area (Å²) in [6.45, 7) is 6.93. The van der Waals surface area contributed by atoms with Crippen LogP contribution in [0.1, 0.15) is 49.8 Å². The molecule has 1 aromatic carbocycles. The molecule has 0 fully saturated rings. The van der Waals surface area contributed by atoms with Gasteiger partial charge in [0.15, 0.2) is 11.5 Å². The average Bonchev–Trinajstić information content (AvgIpc) is 2.98. The number of anilines is 1. The summed E-state index contributed by atoms with van der Waals surface area (Å²) in [6.07, 6.45) is 1.31. The van der Waals surface area contributed by atoms with Crippen LogP contribution in [0.5, 0.6) is 0 Å². The van der Waals surface area contributed by atoms with Gasteiger partial charge in [-0.15, -0.1) is 0 Å². The number of ketones is 1. The molecular formula is C23H24N2O5. The highest BCUT2D eigenvalue weighted by atomic mass is 16.5. The molecule has 156 valence electrons. The molecule has 1 aromatic heterocycles. The standard InChI is InChI=1S/C23H24N2O5/c1-13(2)20(26)18-19(17-7-5-6-12-24-17)25(22(28)21(18)27)16-10-8-15(9-11-16)23(29)30-14(3)4/h5-14,19,27H,1-4H3. The van der Waals surface area contributed by atoms with Gasteiger partial charge in [0.05, 0.1) is 22.9 Å². The SMILES string of the molecule is CC(C)OC(=O)c1ccc(N2C(=O)C(O)=C(C(=O)C(C)C)C2c2ccccn2)cc1. The molecule has 0 radical (unpaired) electrons. The zero-order valence-corrected chi connectivity index (χ0v) is 17.3. The maximum atomic E-state index is 12.9. The maximum Gasteiger partial charge on any atom is 0.338 e. The molecule has 1 atom stereocenters. The van der Waals surface area contributed by atoms with Gasteiger partial charge in [0.1, 0.15) is 6.04 Å². The number of carbonyl (C=O) groups excluding carboxylic acids is 3. The molecule has 1 amide bonds. The van der Waals surface area contributed by atoms with E-state index < -0.39 is 29.6 Å². The Balaban J connectivity index is 2.04. The number of benzene rings is 1. The summed E-state index contributed by atoms with van der Waals surface area (Å²) in [5.41, 5.74) is 1.25. The Morgan fingerprint density at radius 3 is 2.27 bits per heavy atom. The molecule has 1 unspecified atom stereocenters. The van der Waals surface area contributed by atoms with Crippen LogP contribution in [0, 0.1) is 5.92 Å². The number of amides is 1. The first-order valence-electron chi connectivity index (χ1n) is 9.75. The van der Waals surface area contributed by atoms with Gasteiger partial charge in [0.2, 0.25) is 0 Å². The molecule has 30 heavy (non-hydrogen) atoms. The number of aliphatic hydroxyl groups is 1. The lowest BCUT2D eigenvalue weighted by atomic mass is 9.93. The minimum Gasteiger partial charge on any atom is -0.503 e. The number of ether oxygens (including phenoxy) is 1. The molecule has 0 aliphatic carbocycles. The summed E-state index contributed by atoms with van der Waals surface area (Å²) in [5.74, 6) is -2.47. The largest absolute Gasteiger partial charge is 0.503 e. The molecular weight excluding hydrogens is 384 g/mol. The molecule has 1 aliphatic rings. The van der Waals surface area contributed by atoms with E-state index in [0.717, 1.165) is 0 Å². The van der Waals surface area contributed by atoms with Crippen LogP contribution in [-0.4, -0.2) is 33.9 Å². The second kappa shape index (κ2) is 8.49. The van der Waals surface area contributed by atoms with Gasteiger partial charge in [-0.25, -0.2) is 4.79 Å². The molecule has 7 nitrogen and oxygen atoms in total. The van der Waals surface area contributed by atoms with E-state index >= 15 is 0 Å². The van der Waals surface area contributed by atoms with Crippen molar-refractivity contribution < 1.29 is 24.2 Å². The fraction of sp³-hybridized carbons (Fsp3) is 0.304. The molecule has 7 heteroatoms. The lowest BCUT2D eigenvalue weighted by Crippen LogP contribution is -2.32. The first-order valence-corrected chi connectivity index (χ1v) is 9.75. The predicted octanol–water partition coefficient (Wildman–Crippen LogP) is 3.77. The van der Waals surface area contributed by atoms with E-state index in [1.54, 1.807) is 76.4 Å². The Hall–Kier alpha value is -3.48. The molecule has 0 spiro atoms. The lowest BCUT2D eigenvalue weighted by Gasteiger charge is -2.26. The number of rotatable bonds is 6. The van der Waals surface area contributed by atoms with Crippen LogP contribution < -0.4 is 4.90 Å². The number of carbonyl (C=O) groups is 3. The topological polar surface area (TPSA) is 96.8 Å². The third kappa shape index (κ3) is 3.96. The summed E-state index contributed by atoms with van der Waals surface area (Å²) in [4.78, 5) is 43.5. The molecule has 0 saturated heterocycles. The van der Waals surface area contributed by atoms with Crippen molar-refractivity contribution in [2.45, 2.75) is 39.8 Å². The van der Waals surface area contributed by atoms with Gasteiger partial charge in [-0.1, -0.05) is 19.9 Å². The summed E-state index contributed by atoms with van der Waals surface area (Å²) < 4.78 is 5.18. The summed E-state index contributed by atoms with van der Waals surface area (Å²) in [5, 5.41) is 10.5. The van der Waals surface area contributed by atoms with E-state index in [9.17, 15) is 19.5 Å². The first kappa shape index (κ1) is 21.2. The fourth-order valence-corrected chi connectivity index (χ4v) is 3.29. The fourth-order valence-electron chi connectivity index (χ4n) is 3.29. The summed E-state index contributed by atoms with van der Waals surface area (Å²) >= 11 is 0. The molecule has 0 saturated carbocycles. The monoisotopic (exact) mass is 408 g/mol. The number of hydrogen-bond donors (Lipinski definition) is 1. The van der Waals surface area contributed by atoms with E-state index in [1.807, 2.05) is 0 Å². The van der Waals surface area contributed by atoms with Gasteiger partial charge in [-0.3, -0.25) is 19.5 Å². The van der Waals surface area contributed by atoms with Gasteiger partial charge in [-0.2, -0.15) is 0 Å². The second-order valence-corrected chi connectivity index (χ2v) is 7.61. The molecule has 2 aromatic rings. The third-order valence-electron chi connectivity index (χ3n) is 4.69. The number of esters is 1. The quantitative estimate of drug-likeness (QED) is 0.731. The minimum atomic E-state index is -0.859. The van der Waals surface area contributed by atoms with Crippen molar-refractivity contribution in [2.24, 2.45) is 5.92 Å². The number of aromatic nitrogens is 1. The van der Waals surface area contributed by atoms with Gasteiger partial charge >= 0.3 is 5.97 Å². The Morgan fingerprint density at radius 1 is 1.07 bits per heavy atom. The van der Waals surface area contributed by atoms with Crippen molar-refractivity contribution in [3.05, 3.63) is 71.3 Å². The van der Waals surface area contributed by atoms with E-state index in [-0.39, 0.29) is 17.5 Å². The van der Waals surface area contributed by atoms with Crippen LogP contribution >= 0.6 is 0 Å². The molecule has 1 N–H and O–H groups in total. The van der Waals surface area contributed by atoms with Crippen LogP contribution in [0.2, 0.25) is 0 Å². The third-order valence-corrected chi connectivity index (χ3v) is 4.69. The molecule has 0 bridgehead atoms. The Morgan fingerprint density at radius 2 is 1.73 bits per heavy atom. The predicted molar refractivity (Wildman–Crippen MR) is 111 cm³/mol. The Kier molecular flexibility index (Phi) is 6.01. The van der Waals surface area contributed by atoms with Crippen molar-refractivity contribution >= 4 is 23.3 Å². The van der Waals surface area contributed by atoms with E-state index in [2.05, 4.69) is 4.98 Å². The van der Waals surface area contributed by atoms with Crippen LogP contribution in [-0.2, 0) is 14.3 Å². The Labute approximate surface area is 175 Å². The van der Waals surface area contributed by atoms with Crippen molar-refractivity contribution in [1.82, 2.24) is 4.98 Å². The van der Waals surface area contributed by atoms with Gasteiger partial charge in [0, 0.05) is 17.8 Å². The number of aliphatic hydroxyl groups excluding tert-OH is 1. The van der Waals surface area contributed by atoms with Crippen LogP contribution in [0.15, 0.2) is 60.0 Å². The second-order valence-electron chi connectivity index (χ2n) is 7.61. The number of nitrogens with zero attached hydrogens (tertiary/aromatic N) is 2. The average molecular weight is 408 g/mol. The number of pyridine rings is 1.